The summed E-state index contributed by atoms with van der Waals surface area (Å²) in [6, 6.07) is 6.41. The van der Waals surface area contributed by atoms with Crippen LogP contribution >= 0.6 is 0 Å². The second-order valence-corrected chi connectivity index (χ2v) is 4.55. The van der Waals surface area contributed by atoms with E-state index in [-0.39, 0.29) is 0 Å². The normalized spacial score (nSPS) is 10.8. The van der Waals surface area contributed by atoms with Gasteiger partial charge in [-0.05, 0) is 37.6 Å². The molecule has 1 N–H and O–H groups in total. The average molecular weight is 245 g/mol. The van der Waals surface area contributed by atoms with E-state index in [9.17, 15) is 0 Å². The Hall–Kier alpha value is -1.68. The van der Waals surface area contributed by atoms with Gasteiger partial charge in [0.2, 0.25) is 5.89 Å². The summed E-state index contributed by atoms with van der Waals surface area (Å²) in [5.41, 5.74) is 3.81. The minimum absolute atomic E-state index is 0.685. The highest BCUT2D eigenvalue weighted by atomic mass is 16.5. The average Bonchev–Trinajstić information content (AvgIpc) is 2.79. The van der Waals surface area contributed by atoms with Crippen LogP contribution < -0.4 is 5.32 Å². The largest absolute Gasteiger partial charge is 0.339 e. The quantitative estimate of drug-likeness (QED) is 0.875. The third-order valence-corrected chi connectivity index (χ3v) is 3.04. The SMILES string of the molecule is CNCCc1noc(Cc2ccc(C)c(C)c2)n1. The fourth-order valence-electron chi connectivity index (χ4n) is 1.79. The van der Waals surface area contributed by atoms with E-state index in [0.29, 0.717) is 12.3 Å². The summed E-state index contributed by atoms with van der Waals surface area (Å²) in [4.78, 5) is 4.38. The van der Waals surface area contributed by atoms with E-state index in [1.165, 1.54) is 16.7 Å². The molecule has 0 saturated heterocycles. The number of hydrogen-bond donors (Lipinski definition) is 1. The van der Waals surface area contributed by atoms with Crippen LogP contribution in [0.2, 0.25) is 0 Å². The van der Waals surface area contributed by atoms with Crippen LogP contribution in [0.1, 0.15) is 28.4 Å². The minimum atomic E-state index is 0.685. The highest BCUT2D eigenvalue weighted by molar-refractivity contribution is 5.31. The van der Waals surface area contributed by atoms with E-state index in [1.54, 1.807) is 0 Å². The van der Waals surface area contributed by atoms with E-state index in [0.717, 1.165) is 18.8 Å². The third kappa shape index (κ3) is 3.17. The molecule has 1 heterocycles. The highest BCUT2D eigenvalue weighted by Crippen LogP contribution is 2.13. The van der Waals surface area contributed by atoms with Gasteiger partial charge in [0.25, 0.3) is 0 Å². The summed E-state index contributed by atoms with van der Waals surface area (Å²) in [6.45, 7) is 5.09. The predicted octanol–water partition coefficient (Wildman–Crippen LogP) is 2.04. The fourth-order valence-corrected chi connectivity index (χ4v) is 1.79. The van der Waals surface area contributed by atoms with Gasteiger partial charge in [-0.1, -0.05) is 23.4 Å². The van der Waals surface area contributed by atoms with Gasteiger partial charge in [-0.15, -0.1) is 0 Å². The molecular weight excluding hydrogens is 226 g/mol. The first kappa shape index (κ1) is 12.8. The predicted molar refractivity (Wildman–Crippen MR) is 70.7 cm³/mol. The Bertz CT molecular complexity index is 520. The molecule has 0 spiro atoms. The van der Waals surface area contributed by atoms with E-state index in [2.05, 4.69) is 47.5 Å². The summed E-state index contributed by atoms with van der Waals surface area (Å²) in [5, 5.41) is 7.03. The van der Waals surface area contributed by atoms with Crippen molar-refractivity contribution in [2.45, 2.75) is 26.7 Å². The summed E-state index contributed by atoms with van der Waals surface area (Å²) in [5.74, 6) is 1.45. The lowest BCUT2D eigenvalue weighted by Gasteiger charge is -2.02. The van der Waals surface area contributed by atoms with Crippen molar-refractivity contribution in [3.05, 3.63) is 46.6 Å². The van der Waals surface area contributed by atoms with Crippen molar-refractivity contribution in [1.29, 1.82) is 0 Å². The molecule has 0 atom stereocenters. The zero-order valence-electron chi connectivity index (χ0n) is 11.2. The lowest BCUT2D eigenvalue weighted by Crippen LogP contribution is -2.11. The van der Waals surface area contributed by atoms with E-state index in [4.69, 9.17) is 4.52 Å². The van der Waals surface area contributed by atoms with Crippen molar-refractivity contribution in [2.75, 3.05) is 13.6 Å². The molecule has 0 aliphatic heterocycles. The third-order valence-electron chi connectivity index (χ3n) is 3.04. The van der Waals surface area contributed by atoms with Gasteiger partial charge in [0.1, 0.15) is 0 Å². The van der Waals surface area contributed by atoms with Crippen LogP contribution in [-0.4, -0.2) is 23.7 Å². The molecule has 1 aromatic carbocycles. The Morgan fingerprint density at radius 3 is 2.78 bits per heavy atom. The zero-order chi connectivity index (χ0) is 13.0. The Morgan fingerprint density at radius 2 is 2.06 bits per heavy atom. The zero-order valence-corrected chi connectivity index (χ0v) is 11.2. The van der Waals surface area contributed by atoms with Crippen LogP contribution in [0, 0.1) is 13.8 Å². The first-order valence-electron chi connectivity index (χ1n) is 6.21. The summed E-state index contributed by atoms with van der Waals surface area (Å²) < 4.78 is 5.25. The first-order valence-corrected chi connectivity index (χ1v) is 6.21. The number of benzene rings is 1. The molecule has 0 amide bonds. The van der Waals surface area contributed by atoms with Gasteiger partial charge < -0.3 is 9.84 Å². The van der Waals surface area contributed by atoms with Crippen molar-refractivity contribution >= 4 is 0 Å². The maximum atomic E-state index is 5.25. The highest BCUT2D eigenvalue weighted by Gasteiger charge is 2.07. The number of aryl methyl sites for hydroxylation is 2. The van der Waals surface area contributed by atoms with Crippen LogP contribution in [-0.2, 0) is 12.8 Å². The topological polar surface area (TPSA) is 51.0 Å². The van der Waals surface area contributed by atoms with Gasteiger partial charge >= 0.3 is 0 Å². The van der Waals surface area contributed by atoms with Crippen molar-refractivity contribution in [2.24, 2.45) is 0 Å². The summed E-state index contributed by atoms with van der Waals surface area (Å²) in [7, 11) is 1.91. The van der Waals surface area contributed by atoms with E-state index in [1.807, 2.05) is 7.05 Å². The molecule has 18 heavy (non-hydrogen) atoms. The smallest absolute Gasteiger partial charge is 0.231 e. The molecule has 96 valence electrons. The number of nitrogens with zero attached hydrogens (tertiary/aromatic N) is 2. The van der Waals surface area contributed by atoms with Crippen LogP contribution in [0.5, 0.6) is 0 Å². The van der Waals surface area contributed by atoms with Gasteiger partial charge in [-0.2, -0.15) is 4.98 Å². The Kier molecular flexibility index (Phi) is 4.10. The van der Waals surface area contributed by atoms with Crippen LogP contribution in [0.3, 0.4) is 0 Å². The van der Waals surface area contributed by atoms with E-state index < -0.39 is 0 Å². The van der Waals surface area contributed by atoms with Gasteiger partial charge in [0.15, 0.2) is 5.82 Å². The number of aromatic nitrogens is 2. The molecule has 4 nitrogen and oxygen atoms in total. The first-order chi connectivity index (χ1) is 8.69. The minimum Gasteiger partial charge on any atom is -0.339 e. The van der Waals surface area contributed by atoms with Crippen molar-refractivity contribution in [3.63, 3.8) is 0 Å². The van der Waals surface area contributed by atoms with Crippen molar-refractivity contribution in [1.82, 2.24) is 15.5 Å². The lowest BCUT2D eigenvalue weighted by molar-refractivity contribution is 0.379. The number of likely N-dealkylation sites (N-methyl/N-ethyl adjacent to an activating group) is 1. The molecule has 0 bridgehead atoms. The Balaban J connectivity index is 2.04. The molecule has 0 aliphatic rings. The van der Waals surface area contributed by atoms with Crippen molar-refractivity contribution < 1.29 is 4.52 Å². The number of rotatable bonds is 5. The Labute approximate surface area is 107 Å². The van der Waals surface area contributed by atoms with Crippen LogP contribution in [0.25, 0.3) is 0 Å². The van der Waals surface area contributed by atoms with Crippen molar-refractivity contribution in [3.8, 4) is 0 Å². The molecule has 2 aromatic rings. The van der Waals surface area contributed by atoms with Gasteiger partial charge in [0, 0.05) is 13.0 Å². The van der Waals surface area contributed by atoms with Gasteiger partial charge in [0.05, 0.1) is 6.42 Å². The van der Waals surface area contributed by atoms with E-state index >= 15 is 0 Å². The molecule has 0 radical (unpaired) electrons. The summed E-state index contributed by atoms with van der Waals surface area (Å²) >= 11 is 0. The number of nitrogens with one attached hydrogen (secondary N) is 1. The fraction of sp³-hybridized carbons (Fsp3) is 0.429. The maximum Gasteiger partial charge on any atom is 0.231 e. The standard InChI is InChI=1S/C14H19N3O/c1-10-4-5-12(8-11(10)2)9-14-16-13(17-18-14)6-7-15-3/h4-5,8,15H,6-7,9H2,1-3H3. The molecule has 0 unspecified atom stereocenters. The molecule has 1 aromatic heterocycles. The second-order valence-electron chi connectivity index (χ2n) is 4.55. The van der Waals surface area contributed by atoms with Gasteiger partial charge in [-0.25, -0.2) is 0 Å². The van der Waals surface area contributed by atoms with Crippen LogP contribution in [0.4, 0.5) is 0 Å². The molecule has 2 rings (SSSR count). The molecule has 0 saturated carbocycles. The molecule has 0 aliphatic carbocycles. The van der Waals surface area contributed by atoms with Crippen LogP contribution in [0.15, 0.2) is 22.7 Å². The molecule has 0 fully saturated rings. The lowest BCUT2D eigenvalue weighted by atomic mass is 10.0. The second kappa shape index (κ2) is 5.78. The monoisotopic (exact) mass is 245 g/mol. The van der Waals surface area contributed by atoms with Gasteiger partial charge in [-0.3, -0.25) is 0 Å². The number of hydrogen-bond acceptors (Lipinski definition) is 4. The molecule has 4 heteroatoms. The summed E-state index contributed by atoms with van der Waals surface area (Å²) in [6.07, 6.45) is 1.50. The Morgan fingerprint density at radius 1 is 1.22 bits per heavy atom. The molecular formula is C14H19N3O. The maximum absolute atomic E-state index is 5.25.